The molecule has 1 saturated carbocycles. The number of rotatable bonds is 2. The summed E-state index contributed by atoms with van der Waals surface area (Å²) in [5.41, 5.74) is 0.838. The van der Waals surface area contributed by atoms with Crippen molar-refractivity contribution >= 4 is 21.8 Å². The summed E-state index contributed by atoms with van der Waals surface area (Å²) in [6.07, 6.45) is 3.08. The van der Waals surface area contributed by atoms with Crippen molar-refractivity contribution in [2.24, 2.45) is 0 Å². The molecule has 1 aliphatic heterocycles. The van der Waals surface area contributed by atoms with Crippen LogP contribution in [-0.4, -0.2) is 35.1 Å². The molecule has 1 saturated heterocycles. The molecule has 3 rings (SSSR count). The third-order valence-corrected chi connectivity index (χ3v) is 4.78. The number of carbonyl (C=O) groups excluding carboxylic acids is 1. The number of piperidine rings is 1. The van der Waals surface area contributed by atoms with Crippen molar-refractivity contribution in [3.05, 3.63) is 34.3 Å². The fourth-order valence-electron chi connectivity index (χ4n) is 2.91. The predicted molar refractivity (Wildman–Crippen MR) is 76.9 cm³/mol. The average Bonchev–Trinajstić information content (AvgIpc) is 3.20. The summed E-state index contributed by atoms with van der Waals surface area (Å²) in [6, 6.07) is 8.09. The van der Waals surface area contributed by atoms with Crippen molar-refractivity contribution in [3.8, 4) is 0 Å². The van der Waals surface area contributed by atoms with Gasteiger partial charge in [0.15, 0.2) is 0 Å². The molecule has 0 spiro atoms. The lowest BCUT2D eigenvalue weighted by atomic mass is 9.93. The van der Waals surface area contributed by atoms with Crippen molar-refractivity contribution in [1.82, 2.24) is 4.90 Å². The Morgan fingerprint density at radius 2 is 2.00 bits per heavy atom. The van der Waals surface area contributed by atoms with Gasteiger partial charge in [0.1, 0.15) is 0 Å². The average molecular weight is 324 g/mol. The number of aliphatic hydroxyl groups is 1. The number of hydrogen-bond acceptors (Lipinski definition) is 2. The fraction of sp³-hybridized carbons (Fsp3) is 0.533. The zero-order chi connectivity index (χ0) is 13.5. The van der Waals surface area contributed by atoms with E-state index in [1.165, 1.54) is 0 Å². The molecule has 19 heavy (non-hydrogen) atoms. The molecule has 0 aromatic heterocycles. The van der Waals surface area contributed by atoms with Gasteiger partial charge in [0.25, 0.3) is 0 Å². The Balaban J connectivity index is 1.79. The number of likely N-dealkylation sites (tertiary alicyclic amines) is 1. The minimum Gasteiger partial charge on any atom is -0.393 e. The van der Waals surface area contributed by atoms with Crippen LogP contribution < -0.4 is 0 Å². The fourth-order valence-corrected chi connectivity index (χ4v) is 3.31. The maximum atomic E-state index is 12.7. The van der Waals surface area contributed by atoms with Gasteiger partial charge in [-0.1, -0.05) is 28.1 Å². The molecule has 0 radical (unpaired) electrons. The summed E-state index contributed by atoms with van der Waals surface area (Å²) in [4.78, 5) is 14.7. The molecule has 1 N–H and O–H groups in total. The van der Waals surface area contributed by atoms with Crippen molar-refractivity contribution in [3.63, 3.8) is 0 Å². The summed E-state index contributed by atoms with van der Waals surface area (Å²) in [7, 11) is 0. The van der Waals surface area contributed by atoms with Gasteiger partial charge in [-0.05, 0) is 43.4 Å². The molecule has 1 aliphatic carbocycles. The van der Waals surface area contributed by atoms with Gasteiger partial charge in [0.05, 0.1) is 11.5 Å². The van der Waals surface area contributed by atoms with E-state index in [2.05, 4.69) is 28.1 Å². The van der Waals surface area contributed by atoms with Crippen LogP contribution in [0.15, 0.2) is 28.7 Å². The summed E-state index contributed by atoms with van der Waals surface area (Å²) < 4.78 is 1.03. The number of halogens is 1. The maximum absolute atomic E-state index is 12.7. The highest BCUT2D eigenvalue weighted by Gasteiger charge is 2.53. The highest BCUT2D eigenvalue weighted by Crippen LogP contribution is 2.50. The summed E-state index contributed by atoms with van der Waals surface area (Å²) >= 11 is 3.48. The second-order valence-corrected chi connectivity index (χ2v) is 6.53. The molecular formula is C15H18BrNO2. The third kappa shape index (κ3) is 2.43. The van der Waals surface area contributed by atoms with E-state index in [0.29, 0.717) is 25.9 Å². The largest absolute Gasteiger partial charge is 0.393 e. The van der Waals surface area contributed by atoms with Crippen LogP contribution in [0.3, 0.4) is 0 Å². The van der Waals surface area contributed by atoms with Crippen LogP contribution in [0.4, 0.5) is 0 Å². The number of nitrogens with zero attached hydrogens (tertiary/aromatic N) is 1. The maximum Gasteiger partial charge on any atom is 0.233 e. The molecule has 1 heterocycles. The third-order valence-electron chi connectivity index (χ3n) is 4.29. The van der Waals surface area contributed by atoms with E-state index in [1.807, 2.05) is 17.0 Å². The lowest BCUT2D eigenvalue weighted by Crippen LogP contribution is -2.45. The molecule has 0 atom stereocenters. The molecule has 4 heteroatoms. The summed E-state index contributed by atoms with van der Waals surface area (Å²) in [5.74, 6) is 0.248. The molecule has 2 fully saturated rings. The van der Waals surface area contributed by atoms with E-state index >= 15 is 0 Å². The molecule has 1 aromatic carbocycles. The van der Waals surface area contributed by atoms with Gasteiger partial charge in [-0.3, -0.25) is 4.79 Å². The van der Waals surface area contributed by atoms with E-state index in [9.17, 15) is 9.90 Å². The first kappa shape index (κ1) is 13.1. The van der Waals surface area contributed by atoms with Crippen LogP contribution in [0.2, 0.25) is 0 Å². The molecule has 2 aliphatic rings. The van der Waals surface area contributed by atoms with E-state index in [0.717, 1.165) is 22.9 Å². The van der Waals surface area contributed by atoms with Gasteiger partial charge in [-0.25, -0.2) is 0 Å². The molecular weight excluding hydrogens is 306 g/mol. The van der Waals surface area contributed by atoms with Crippen LogP contribution in [0.25, 0.3) is 0 Å². The Labute approximate surface area is 121 Å². The SMILES string of the molecule is O=C(N1CCC(O)CC1)C1(c2cccc(Br)c2)CC1. The number of amides is 1. The predicted octanol–water partition coefficient (Wildman–Crippen LogP) is 2.46. The smallest absolute Gasteiger partial charge is 0.233 e. The molecule has 0 bridgehead atoms. The number of hydrogen-bond donors (Lipinski definition) is 1. The lowest BCUT2D eigenvalue weighted by Gasteiger charge is -2.32. The van der Waals surface area contributed by atoms with Crippen molar-refractivity contribution in [2.45, 2.75) is 37.2 Å². The van der Waals surface area contributed by atoms with Crippen LogP contribution in [0.5, 0.6) is 0 Å². The lowest BCUT2D eigenvalue weighted by molar-refractivity contribution is -0.136. The molecule has 3 nitrogen and oxygen atoms in total. The van der Waals surface area contributed by atoms with E-state index < -0.39 is 0 Å². The zero-order valence-corrected chi connectivity index (χ0v) is 12.4. The van der Waals surface area contributed by atoms with Gasteiger partial charge in [0, 0.05) is 17.6 Å². The molecule has 102 valence electrons. The first-order valence-corrected chi connectivity index (χ1v) is 7.65. The molecule has 1 amide bonds. The highest BCUT2D eigenvalue weighted by atomic mass is 79.9. The Morgan fingerprint density at radius 3 is 2.58 bits per heavy atom. The van der Waals surface area contributed by atoms with E-state index in [4.69, 9.17) is 0 Å². The van der Waals surface area contributed by atoms with Gasteiger partial charge in [-0.15, -0.1) is 0 Å². The van der Waals surface area contributed by atoms with Gasteiger partial charge in [0.2, 0.25) is 5.91 Å². The Kier molecular flexibility index (Phi) is 3.39. The van der Waals surface area contributed by atoms with Crippen molar-refractivity contribution in [1.29, 1.82) is 0 Å². The second kappa shape index (κ2) is 4.91. The second-order valence-electron chi connectivity index (χ2n) is 5.62. The highest BCUT2D eigenvalue weighted by molar-refractivity contribution is 9.10. The van der Waals surface area contributed by atoms with Crippen LogP contribution in [-0.2, 0) is 10.2 Å². The van der Waals surface area contributed by atoms with Crippen molar-refractivity contribution < 1.29 is 9.90 Å². The van der Waals surface area contributed by atoms with Gasteiger partial charge in [-0.2, -0.15) is 0 Å². The van der Waals surface area contributed by atoms with E-state index in [1.54, 1.807) is 0 Å². The zero-order valence-electron chi connectivity index (χ0n) is 10.8. The van der Waals surface area contributed by atoms with Crippen LogP contribution in [0, 0.1) is 0 Å². The van der Waals surface area contributed by atoms with Crippen molar-refractivity contribution in [2.75, 3.05) is 13.1 Å². The molecule has 0 unspecified atom stereocenters. The Morgan fingerprint density at radius 1 is 1.32 bits per heavy atom. The first-order chi connectivity index (χ1) is 9.12. The standard InChI is InChI=1S/C15H18BrNO2/c16-12-3-1-2-11(10-12)15(6-7-15)14(19)17-8-4-13(18)5-9-17/h1-3,10,13,18H,4-9H2. The minimum absolute atomic E-state index is 0.231. The summed E-state index contributed by atoms with van der Waals surface area (Å²) in [5, 5.41) is 9.54. The quantitative estimate of drug-likeness (QED) is 0.908. The Hall–Kier alpha value is -0.870. The normalized spacial score (nSPS) is 22.3. The number of aliphatic hydroxyl groups excluding tert-OH is 1. The van der Waals surface area contributed by atoms with Crippen LogP contribution in [0.1, 0.15) is 31.2 Å². The first-order valence-electron chi connectivity index (χ1n) is 6.85. The summed E-state index contributed by atoms with van der Waals surface area (Å²) in [6.45, 7) is 1.38. The Bertz CT molecular complexity index is 491. The van der Waals surface area contributed by atoms with Crippen LogP contribution >= 0.6 is 15.9 Å². The topological polar surface area (TPSA) is 40.5 Å². The minimum atomic E-state index is -0.286. The number of benzene rings is 1. The monoisotopic (exact) mass is 323 g/mol. The number of carbonyl (C=O) groups is 1. The van der Waals surface area contributed by atoms with Gasteiger partial charge >= 0.3 is 0 Å². The molecule has 1 aromatic rings. The van der Waals surface area contributed by atoms with Gasteiger partial charge < -0.3 is 10.0 Å². The van der Waals surface area contributed by atoms with E-state index in [-0.39, 0.29) is 17.4 Å².